The number of benzene rings is 1. The normalized spacial score (nSPS) is 16.6. The van der Waals surface area contributed by atoms with Crippen LogP contribution in [0.2, 0.25) is 0 Å². The maximum absolute atomic E-state index is 12.3. The average Bonchev–Trinajstić information content (AvgIpc) is 3.21. The standard InChI is InChI=1S/C17H17F3N4O3/c1-3-24-9-13(10(2)22-24)14-8-15(27-23-14)16(25)21-11-4-6-12(7-5-11)26-17(18,19)20/h4-7,9,15H,3,8H2,1-2H3,(H,21,25)/t15-/m0/s1. The SMILES string of the molecule is CCn1cc(C2=NO[C@H](C(=O)Nc3ccc(OC(F)(F)F)cc3)C2)c(C)n1. The number of carbonyl (C=O) groups is 1. The first-order valence-electron chi connectivity index (χ1n) is 8.19. The Labute approximate surface area is 152 Å². The zero-order valence-corrected chi connectivity index (χ0v) is 14.6. The highest BCUT2D eigenvalue weighted by molar-refractivity contribution is 6.06. The van der Waals surface area contributed by atoms with Gasteiger partial charge in [-0.25, -0.2) is 0 Å². The molecular weight excluding hydrogens is 365 g/mol. The number of anilines is 1. The van der Waals surface area contributed by atoms with Gasteiger partial charge in [-0.15, -0.1) is 13.2 Å². The molecule has 1 aliphatic heterocycles. The number of oxime groups is 1. The van der Waals surface area contributed by atoms with E-state index in [0.717, 1.165) is 23.4 Å². The van der Waals surface area contributed by atoms with E-state index in [1.807, 2.05) is 20.0 Å². The summed E-state index contributed by atoms with van der Waals surface area (Å²) in [6.45, 7) is 4.53. The van der Waals surface area contributed by atoms with Crippen LogP contribution in [0.15, 0.2) is 35.6 Å². The van der Waals surface area contributed by atoms with Crippen LogP contribution in [0.25, 0.3) is 0 Å². The molecule has 7 nitrogen and oxygen atoms in total. The Balaban J connectivity index is 1.59. The van der Waals surface area contributed by atoms with Gasteiger partial charge in [0.1, 0.15) is 5.75 Å². The minimum atomic E-state index is -4.76. The Morgan fingerprint density at radius 2 is 2.07 bits per heavy atom. The largest absolute Gasteiger partial charge is 0.573 e. The molecule has 27 heavy (non-hydrogen) atoms. The van der Waals surface area contributed by atoms with Crippen LogP contribution >= 0.6 is 0 Å². The summed E-state index contributed by atoms with van der Waals surface area (Å²) in [6.07, 6.45) is -3.47. The summed E-state index contributed by atoms with van der Waals surface area (Å²) >= 11 is 0. The van der Waals surface area contributed by atoms with Crippen molar-refractivity contribution in [2.24, 2.45) is 5.16 Å². The Morgan fingerprint density at radius 3 is 2.67 bits per heavy atom. The molecule has 144 valence electrons. The zero-order chi connectivity index (χ0) is 19.6. The molecular formula is C17H17F3N4O3. The molecule has 1 amide bonds. The number of ether oxygens (including phenoxy) is 1. The summed E-state index contributed by atoms with van der Waals surface area (Å²) in [4.78, 5) is 17.5. The van der Waals surface area contributed by atoms with Crippen LogP contribution in [0.3, 0.4) is 0 Å². The molecule has 0 saturated heterocycles. The summed E-state index contributed by atoms with van der Waals surface area (Å²) < 4.78 is 42.0. The first kappa shape index (κ1) is 18.7. The van der Waals surface area contributed by atoms with Crippen LogP contribution in [0.1, 0.15) is 24.6 Å². The lowest BCUT2D eigenvalue weighted by atomic mass is 10.1. The lowest BCUT2D eigenvalue weighted by molar-refractivity contribution is -0.274. The van der Waals surface area contributed by atoms with Gasteiger partial charge in [0, 0.05) is 30.4 Å². The highest BCUT2D eigenvalue weighted by atomic mass is 19.4. The fourth-order valence-electron chi connectivity index (χ4n) is 2.60. The molecule has 1 aromatic carbocycles. The van der Waals surface area contributed by atoms with Crippen molar-refractivity contribution in [1.29, 1.82) is 0 Å². The molecule has 10 heteroatoms. The van der Waals surface area contributed by atoms with Crippen molar-refractivity contribution in [2.75, 3.05) is 5.32 Å². The second-order valence-electron chi connectivity index (χ2n) is 5.88. The van der Waals surface area contributed by atoms with Crippen LogP contribution in [0, 0.1) is 6.92 Å². The second-order valence-corrected chi connectivity index (χ2v) is 5.88. The van der Waals surface area contributed by atoms with Gasteiger partial charge in [0.15, 0.2) is 0 Å². The quantitative estimate of drug-likeness (QED) is 0.861. The van der Waals surface area contributed by atoms with Crippen LogP contribution in [0.5, 0.6) is 5.75 Å². The molecule has 2 aromatic rings. The summed E-state index contributed by atoms with van der Waals surface area (Å²) in [7, 11) is 0. The van der Waals surface area contributed by atoms with Crippen molar-refractivity contribution >= 4 is 17.3 Å². The minimum Gasteiger partial charge on any atom is -0.406 e. The molecule has 0 spiro atoms. The van der Waals surface area contributed by atoms with Gasteiger partial charge in [0.05, 0.1) is 11.4 Å². The predicted octanol–water partition coefficient (Wildman–Crippen LogP) is 3.24. The monoisotopic (exact) mass is 382 g/mol. The van der Waals surface area contributed by atoms with Crippen molar-refractivity contribution in [3.05, 3.63) is 41.7 Å². The fourth-order valence-corrected chi connectivity index (χ4v) is 2.60. The molecule has 0 unspecified atom stereocenters. The van der Waals surface area contributed by atoms with E-state index in [1.54, 1.807) is 4.68 Å². The maximum Gasteiger partial charge on any atom is 0.573 e. The molecule has 1 atom stereocenters. The van der Waals surface area contributed by atoms with Gasteiger partial charge in [0.2, 0.25) is 6.10 Å². The summed E-state index contributed by atoms with van der Waals surface area (Å²) in [5.74, 6) is -0.814. The van der Waals surface area contributed by atoms with E-state index in [2.05, 4.69) is 20.3 Å². The van der Waals surface area contributed by atoms with Crippen molar-refractivity contribution in [3.8, 4) is 5.75 Å². The second kappa shape index (κ2) is 7.29. The van der Waals surface area contributed by atoms with Gasteiger partial charge in [0.25, 0.3) is 5.91 Å². The first-order valence-corrected chi connectivity index (χ1v) is 8.19. The number of nitrogens with zero attached hydrogens (tertiary/aromatic N) is 3. The van der Waals surface area contributed by atoms with Gasteiger partial charge in [-0.1, -0.05) is 5.16 Å². The van der Waals surface area contributed by atoms with Gasteiger partial charge in [-0.05, 0) is 38.1 Å². The van der Waals surface area contributed by atoms with E-state index >= 15 is 0 Å². The predicted molar refractivity (Wildman–Crippen MR) is 90.4 cm³/mol. The number of hydrogen-bond donors (Lipinski definition) is 1. The highest BCUT2D eigenvalue weighted by Gasteiger charge is 2.32. The molecule has 0 bridgehead atoms. The average molecular weight is 382 g/mol. The Morgan fingerprint density at radius 1 is 1.37 bits per heavy atom. The summed E-state index contributed by atoms with van der Waals surface area (Å²) in [6, 6.07) is 4.85. The number of nitrogens with one attached hydrogen (secondary N) is 1. The third-order valence-electron chi connectivity index (χ3n) is 3.90. The highest BCUT2D eigenvalue weighted by Crippen LogP contribution is 2.25. The molecule has 0 fully saturated rings. The number of aryl methyl sites for hydroxylation is 2. The molecule has 0 radical (unpaired) electrons. The maximum atomic E-state index is 12.3. The van der Waals surface area contributed by atoms with Crippen molar-refractivity contribution in [2.45, 2.75) is 39.3 Å². The minimum absolute atomic E-state index is 0.275. The number of hydrogen-bond acceptors (Lipinski definition) is 5. The third kappa shape index (κ3) is 4.57. The van der Waals surface area contributed by atoms with Gasteiger partial charge < -0.3 is 14.9 Å². The summed E-state index contributed by atoms with van der Waals surface area (Å²) in [5, 5.41) is 10.9. The van der Waals surface area contributed by atoms with Crippen LogP contribution in [-0.4, -0.2) is 33.9 Å². The molecule has 1 N–H and O–H groups in total. The van der Waals surface area contributed by atoms with E-state index in [4.69, 9.17) is 4.84 Å². The first-order chi connectivity index (χ1) is 12.7. The van der Waals surface area contributed by atoms with E-state index in [9.17, 15) is 18.0 Å². The van der Waals surface area contributed by atoms with Crippen LogP contribution < -0.4 is 10.1 Å². The number of aromatic nitrogens is 2. The topological polar surface area (TPSA) is 77.7 Å². The van der Waals surface area contributed by atoms with E-state index in [0.29, 0.717) is 17.9 Å². The molecule has 2 heterocycles. The number of rotatable bonds is 5. The Bertz CT molecular complexity index is 859. The Kier molecular flexibility index (Phi) is 5.06. The summed E-state index contributed by atoms with van der Waals surface area (Å²) in [5.41, 5.74) is 2.56. The smallest absolute Gasteiger partial charge is 0.406 e. The van der Waals surface area contributed by atoms with Crippen LogP contribution in [-0.2, 0) is 16.2 Å². The van der Waals surface area contributed by atoms with Crippen molar-refractivity contribution in [3.63, 3.8) is 0 Å². The molecule has 1 aromatic heterocycles. The lowest BCUT2D eigenvalue weighted by Gasteiger charge is -2.11. The number of halogens is 3. The fraction of sp³-hybridized carbons (Fsp3) is 0.353. The zero-order valence-electron chi connectivity index (χ0n) is 14.6. The van der Waals surface area contributed by atoms with Crippen LogP contribution in [0.4, 0.5) is 18.9 Å². The van der Waals surface area contributed by atoms with E-state index in [1.165, 1.54) is 12.1 Å². The van der Waals surface area contributed by atoms with E-state index in [-0.39, 0.29) is 12.2 Å². The van der Waals surface area contributed by atoms with Gasteiger partial charge in [-0.2, -0.15) is 5.10 Å². The van der Waals surface area contributed by atoms with E-state index < -0.39 is 18.4 Å². The van der Waals surface area contributed by atoms with Crippen molar-refractivity contribution < 1.29 is 27.5 Å². The molecule has 0 saturated carbocycles. The lowest BCUT2D eigenvalue weighted by Crippen LogP contribution is -2.28. The van der Waals surface area contributed by atoms with Gasteiger partial charge in [-0.3, -0.25) is 9.48 Å². The molecule has 3 rings (SSSR count). The van der Waals surface area contributed by atoms with Crippen molar-refractivity contribution in [1.82, 2.24) is 9.78 Å². The number of alkyl halides is 3. The molecule has 0 aliphatic carbocycles. The molecule has 1 aliphatic rings. The number of carbonyl (C=O) groups excluding carboxylic acids is 1. The Hall–Kier alpha value is -3.04. The number of amides is 1. The van der Waals surface area contributed by atoms with Gasteiger partial charge >= 0.3 is 6.36 Å². The third-order valence-corrected chi connectivity index (χ3v) is 3.90.